The fraction of sp³-hybridized carbons (Fsp3) is 0.176. The maximum Gasteiger partial charge on any atom is 0.416 e. The van der Waals surface area contributed by atoms with Crippen molar-refractivity contribution in [3.63, 3.8) is 0 Å². The van der Waals surface area contributed by atoms with E-state index in [1.807, 2.05) is 0 Å². The van der Waals surface area contributed by atoms with Gasteiger partial charge in [0.05, 0.1) is 11.1 Å². The van der Waals surface area contributed by atoms with Gasteiger partial charge in [-0.2, -0.15) is 13.2 Å². The molecule has 0 fully saturated rings. The highest BCUT2D eigenvalue weighted by Crippen LogP contribution is 2.29. The van der Waals surface area contributed by atoms with Crippen LogP contribution in [0.5, 0.6) is 0 Å². The average molecular weight is 355 g/mol. The number of benzene rings is 2. The normalized spacial score (nSPS) is 11.0. The highest BCUT2D eigenvalue weighted by Gasteiger charge is 2.30. The van der Waals surface area contributed by atoms with Gasteiger partial charge in [-0.15, -0.1) is 0 Å². The predicted molar refractivity (Wildman–Crippen MR) is 80.0 cm³/mol. The van der Waals surface area contributed by atoms with E-state index in [2.05, 4.69) is 5.32 Å². The fourth-order valence-electron chi connectivity index (χ4n) is 1.94. The molecule has 0 aromatic heterocycles. The summed E-state index contributed by atoms with van der Waals surface area (Å²) in [5, 5.41) is 2.34. The van der Waals surface area contributed by atoms with Gasteiger partial charge in [-0.1, -0.05) is 18.2 Å². The Hall–Kier alpha value is -2.90. The molecule has 1 N–H and O–H groups in total. The molecule has 0 spiro atoms. The van der Waals surface area contributed by atoms with Gasteiger partial charge in [0.15, 0.2) is 6.61 Å². The minimum absolute atomic E-state index is 0.0503. The number of carbonyl (C=O) groups excluding carboxylic acids is 2. The molecule has 0 saturated heterocycles. The summed E-state index contributed by atoms with van der Waals surface area (Å²) in [5.74, 6) is -2.20. The molecular weight excluding hydrogens is 342 g/mol. The van der Waals surface area contributed by atoms with E-state index in [9.17, 15) is 27.2 Å². The minimum Gasteiger partial charge on any atom is -0.452 e. The van der Waals surface area contributed by atoms with Crippen LogP contribution in [0.25, 0.3) is 0 Å². The third-order valence-electron chi connectivity index (χ3n) is 3.14. The van der Waals surface area contributed by atoms with Crippen LogP contribution in [0.3, 0.4) is 0 Å². The molecular formula is C17H13F4NO3. The third-order valence-corrected chi connectivity index (χ3v) is 3.14. The van der Waals surface area contributed by atoms with Gasteiger partial charge in [0.2, 0.25) is 0 Å². The van der Waals surface area contributed by atoms with E-state index < -0.39 is 36.0 Å². The lowest BCUT2D eigenvalue weighted by molar-refractivity contribution is -0.137. The number of hydrogen-bond donors (Lipinski definition) is 1. The molecule has 132 valence electrons. The van der Waals surface area contributed by atoms with Crippen LogP contribution in [0, 0.1) is 5.82 Å². The molecule has 8 heteroatoms. The monoisotopic (exact) mass is 355 g/mol. The molecule has 4 nitrogen and oxygen atoms in total. The lowest BCUT2D eigenvalue weighted by Gasteiger charge is -2.10. The quantitative estimate of drug-likeness (QED) is 0.661. The maximum absolute atomic E-state index is 13.0. The molecule has 2 aromatic carbocycles. The Bertz CT molecular complexity index is 774. The zero-order chi connectivity index (χ0) is 18.4. The van der Waals surface area contributed by atoms with Gasteiger partial charge in [-0.05, 0) is 35.9 Å². The van der Waals surface area contributed by atoms with Gasteiger partial charge >= 0.3 is 12.1 Å². The number of hydrogen-bond acceptors (Lipinski definition) is 3. The highest BCUT2D eigenvalue weighted by atomic mass is 19.4. The summed E-state index contributed by atoms with van der Waals surface area (Å²) in [4.78, 5) is 23.3. The van der Waals surface area contributed by atoms with E-state index in [1.54, 1.807) is 0 Å². The van der Waals surface area contributed by atoms with Gasteiger partial charge in [-0.3, -0.25) is 4.79 Å². The Kier molecular flexibility index (Phi) is 5.74. The molecule has 25 heavy (non-hydrogen) atoms. The van der Waals surface area contributed by atoms with Crippen LogP contribution in [0.4, 0.5) is 17.6 Å². The largest absolute Gasteiger partial charge is 0.452 e. The van der Waals surface area contributed by atoms with Crippen molar-refractivity contribution in [2.45, 2.75) is 12.7 Å². The summed E-state index contributed by atoms with van der Waals surface area (Å²) in [6, 6.07) is 9.25. The first-order valence-corrected chi connectivity index (χ1v) is 7.11. The minimum atomic E-state index is -4.47. The fourth-order valence-corrected chi connectivity index (χ4v) is 1.94. The lowest BCUT2D eigenvalue weighted by atomic mass is 10.1. The first-order chi connectivity index (χ1) is 11.8. The molecule has 0 heterocycles. The van der Waals surface area contributed by atoms with Crippen LogP contribution in [0.15, 0.2) is 48.5 Å². The van der Waals surface area contributed by atoms with Crippen LogP contribution in [0.2, 0.25) is 0 Å². The molecule has 2 rings (SSSR count). The summed E-state index contributed by atoms with van der Waals surface area (Å²) in [6.07, 6.45) is -4.47. The van der Waals surface area contributed by atoms with Gasteiger partial charge < -0.3 is 10.1 Å². The van der Waals surface area contributed by atoms with Crippen molar-refractivity contribution >= 4 is 11.9 Å². The zero-order valence-corrected chi connectivity index (χ0v) is 12.8. The van der Waals surface area contributed by atoms with Crippen molar-refractivity contribution in [3.8, 4) is 0 Å². The number of ether oxygens (including phenoxy) is 1. The summed E-state index contributed by atoms with van der Waals surface area (Å²) >= 11 is 0. The molecule has 0 atom stereocenters. The SMILES string of the molecule is O=C(COC(=O)c1cccc(F)c1)NCc1cccc(C(F)(F)F)c1. The molecule has 0 aliphatic rings. The Balaban J connectivity index is 1.84. The van der Waals surface area contributed by atoms with Gasteiger partial charge in [-0.25, -0.2) is 9.18 Å². The zero-order valence-electron chi connectivity index (χ0n) is 12.8. The molecule has 0 aliphatic carbocycles. The van der Waals surface area contributed by atoms with Crippen LogP contribution in [-0.2, 0) is 22.3 Å². The Morgan fingerprint density at radius 2 is 1.76 bits per heavy atom. The molecule has 2 aromatic rings. The Morgan fingerprint density at radius 1 is 1.04 bits per heavy atom. The average Bonchev–Trinajstić information content (AvgIpc) is 2.57. The topological polar surface area (TPSA) is 55.4 Å². The number of halogens is 4. The van der Waals surface area contributed by atoms with E-state index >= 15 is 0 Å². The number of esters is 1. The van der Waals surface area contributed by atoms with E-state index in [-0.39, 0.29) is 17.7 Å². The molecule has 1 amide bonds. The lowest BCUT2D eigenvalue weighted by Crippen LogP contribution is -2.28. The molecule has 0 unspecified atom stereocenters. The number of rotatable bonds is 5. The number of alkyl halides is 3. The van der Waals surface area contributed by atoms with Crippen molar-refractivity contribution in [3.05, 3.63) is 71.0 Å². The summed E-state index contributed by atoms with van der Waals surface area (Å²) in [6.45, 7) is -0.783. The molecule has 0 saturated carbocycles. The van der Waals surface area contributed by atoms with Gasteiger partial charge in [0, 0.05) is 6.54 Å². The molecule has 0 bridgehead atoms. The van der Waals surface area contributed by atoms with E-state index in [1.165, 1.54) is 24.3 Å². The molecule has 0 radical (unpaired) electrons. The highest BCUT2D eigenvalue weighted by molar-refractivity contribution is 5.91. The van der Waals surface area contributed by atoms with Crippen LogP contribution >= 0.6 is 0 Å². The summed E-state index contributed by atoms with van der Waals surface area (Å²) in [5.41, 5.74) is -0.623. The van der Waals surface area contributed by atoms with Crippen molar-refractivity contribution < 1.29 is 31.9 Å². The Labute approximate surface area is 140 Å². The number of nitrogens with one attached hydrogen (secondary N) is 1. The smallest absolute Gasteiger partial charge is 0.416 e. The number of amides is 1. The van der Waals surface area contributed by atoms with Crippen molar-refractivity contribution in [1.82, 2.24) is 5.32 Å². The maximum atomic E-state index is 13.0. The summed E-state index contributed by atoms with van der Waals surface area (Å²) < 4.78 is 55.5. The second-order valence-corrected chi connectivity index (χ2v) is 5.06. The standard InChI is InChI=1S/C17H13F4NO3/c18-14-6-2-4-12(8-14)16(24)25-10-15(23)22-9-11-3-1-5-13(7-11)17(19,20)21/h1-8H,9-10H2,(H,22,23). The second-order valence-electron chi connectivity index (χ2n) is 5.06. The third kappa shape index (κ3) is 5.59. The van der Waals surface area contributed by atoms with E-state index in [0.29, 0.717) is 0 Å². The molecule has 0 aliphatic heterocycles. The van der Waals surface area contributed by atoms with E-state index in [4.69, 9.17) is 4.74 Å². The summed E-state index contributed by atoms with van der Waals surface area (Å²) in [7, 11) is 0. The van der Waals surface area contributed by atoms with Gasteiger partial charge in [0.1, 0.15) is 5.82 Å². The van der Waals surface area contributed by atoms with Crippen molar-refractivity contribution in [2.24, 2.45) is 0 Å². The van der Waals surface area contributed by atoms with Crippen LogP contribution in [0.1, 0.15) is 21.5 Å². The predicted octanol–water partition coefficient (Wildman–Crippen LogP) is 3.32. The number of carbonyl (C=O) groups is 2. The van der Waals surface area contributed by atoms with E-state index in [0.717, 1.165) is 24.3 Å². The van der Waals surface area contributed by atoms with Crippen LogP contribution < -0.4 is 5.32 Å². The van der Waals surface area contributed by atoms with Crippen LogP contribution in [-0.4, -0.2) is 18.5 Å². The Morgan fingerprint density at radius 3 is 2.44 bits per heavy atom. The first kappa shape index (κ1) is 18.4. The van der Waals surface area contributed by atoms with Crippen molar-refractivity contribution in [1.29, 1.82) is 0 Å². The second kappa shape index (κ2) is 7.78. The van der Waals surface area contributed by atoms with Crippen molar-refractivity contribution in [2.75, 3.05) is 6.61 Å². The first-order valence-electron chi connectivity index (χ1n) is 7.11. The van der Waals surface area contributed by atoms with Gasteiger partial charge in [0.25, 0.3) is 5.91 Å².